The van der Waals surface area contributed by atoms with Gasteiger partial charge >= 0.3 is 12.4 Å². The molecule has 0 aliphatic rings. The van der Waals surface area contributed by atoms with E-state index in [1.165, 1.54) is 24.0 Å². The first-order valence-corrected chi connectivity index (χ1v) is 5.28. The van der Waals surface area contributed by atoms with Crippen LogP contribution in [0.15, 0.2) is 24.5 Å². The van der Waals surface area contributed by atoms with Crippen LogP contribution in [0.4, 0.5) is 26.3 Å². The zero-order chi connectivity index (χ0) is 15.1. The SMILES string of the molecule is Cn1ccnc1-c1[c-]c(C(F)(F)F)cc(C(F)(F)F)c1.[Ir]. The number of hydrogen-bond acceptors (Lipinski definition) is 1. The van der Waals surface area contributed by atoms with Crippen molar-refractivity contribution in [2.45, 2.75) is 12.4 Å². The summed E-state index contributed by atoms with van der Waals surface area (Å²) < 4.78 is 77.3. The minimum Gasteiger partial charge on any atom is -0.373 e. The zero-order valence-electron chi connectivity index (χ0n) is 10.3. The first kappa shape index (κ1) is 17.7. The Hall–Kier alpha value is -1.34. The van der Waals surface area contributed by atoms with Crippen LogP contribution in [-0.2, 0) is 39.5 Å². The molecule has 117 valence electrons. The Balaban J connectivity index is 0.00000220. The summed E-state index contributed by atoms with van der Waals surface area (Å²) in [6, 6.07) is 2.56. The van der Waals surface area contributed by atoms with Gasteiger partial charge in [0, 0.05) is 39.5 Å². The normalized spacial score (nSPS) is 12.1. The molecule has 0 saturated heterocycles. The largest absolute Gasteiger partial charge is 0.399 e. The summed E-state index contributed by atoms with van der Waals surface area (Å²) in [7, 11) is 1.46. The van der Waals surface area contributed by atoms with Crippen molar-refractivity contribution in [3.8, 4) is 11.4 Å². The summed E-state index contributed by atoms with van der Waals surface area (Å²) in [5.41, 5.74) is -3.23. The van der Waals surface area contributed by atoms with Crippen LogP contribution in [0.5, 0.6) is 0 Å². The Morgan fingerprint density at radius 3 is 2.10 bits per heavy atom. The van der Waals surface area contributed by atoms with Gasteiger partial charge in [0.05, 0.1) is 5.82 Å². The molecule has 0 N–H and O–H groups in total. The molecule has 2 rings (SSSR count). The van der Waals surface area contributed by atoms with Gasteiger partial charge in [-0.3, -0.25) is 4.98 Å². The molecule has 0 atom stereocenters. The van der Waals surface area contributed by atoms with Crippen LogP contribution < -0.4 is 0 Å². The average Bonchev–Trinajstić information content (AvgIpc) is 2.72. The van der Waals surface area contributed by atoms with E-state index in [1.54, 1.807) is 0 Å². The molecule has 0 amide bonds. The maximum Gasteiger partial charge on any atom is 0.399 e. The molecule has 21 heavy (non-hydrogen) atoms. The van der Waals surface area contributed by atoms with Gasteiger partial charge in [0.15, 0.2) is 0 Å². The van der Waals surface area contributed by atoms with Crippen LogP contribution in [0.2, 0.25) is 0 Å². The second kappa shape index (κ2) is 5.81. The molecule has 1 radical (unpaired) electrons. The van der Waals surface area contributed by atoms with E-state index in [9.17, 15) is 26.3 Å². The van der Waals surface area contributed by atoms with E-state index in [-0.39, 0.29) is 37.6 Å². The number of benzene rings is 1. The van der Waals surface area contributed by atoms with Crippen LogP contribution in [-0.4, -0.2) is 9.55 Å². The van der Waals surface area contributed by atoms with Crippen molar-refractivity contribution in [1.29, 1.82) is 0 Å². The number of aromatic nitrogens is 2. The predicted molar refractivity (Wildman–Crippen MR) is 57.5 cm³/mol. The van der Waals surface area contributed by atoms with E-state index in [1.807, 2.05) is 6.07 Å². The predicted octanol–water partition coefficient (Wildman–Crippen LogP) is 3.92. The number of halogens is 6. The second-order valence-electron chi connectivity index (χ2n) is 4.05. The van der Waals surface area contributed by atoms with Crippen LogP contribution in [0, 0.1) is 6.07 Å². The molecule has 2 aromatic rings. The van der Waals surface area contributed by atoms with Gasteiger partial charge in [-0.05, 0) is 11.1 Å². The quantitative estimate of drug-likeness (QED) is 0.443. The van der Waals surface area contributed by atoms with Crippen molar-refractivity contribution in [1.82, 2.24) is 9.55 Å². The van der Waals surface area contributed by atoms with Crippen molar-refractivity contribution in [2.24, 2.45) is 7.05 Å². The molecule has 0 bridgehead atoms. The Morgan fingerprint density at radius 2 is 1.67 bits per heavy atom. The molecule has 1 heterocycles. The van der Waals surface area contributed by atoms with E-state index in [0.29, 0.717) is 6.07 Å². The summed E-state index contributed by atoms with van der Waals surface area (Å²) in [5.74, 6) is -0.0263. The third-order valence-corrected chi connectivity index (χ3v) is 2.56. The molecular weight excluding hydrogens is 478 g/mol. The smallest absolute Gasteiger partial charge is 0.373 e. The molecule has 1 aromatic heterocycles. The van der Waals surface area contributed by atoms with Gasteiger partial charge in [-0.2, -0.15) is 26.3 Å². The molecule has 9 heteroatoms. The summed E-state index contributed by atoms with van der Waals surface area (Å²) in [6.45, 7) is 0. The van der Waals surface area contributed by atoms with E-state index in [0.717, 1.165) is 0 Å². The van der Waals surface area contributed by atoms with Crippen LogP contribution in [0.25, 0.3) is 11.4 Å². The minimum atomic E-state index is -4.92. The van der Waals surface area contributed by atoms with Crippen molar-refractivity contribution in [2.75, 3.05) is 0 Å². The van der Waals surface area contributed by atoms with Crippen LogP contribution in [0.3, 0.4) is 0 Å². The van der Waals surface area contributed by atoms with Gasteiger partial charge in [0.25, 0.3) is 0 Å². The Kier molecular flexibility index (Phi) is 4.90. The molecule has 0 saturated carbocycles. The first-order chi connectivity index (χ1) is 9.09. The average molecular weight is 485 g/mol. The molecule has 0 unspecified atom stereocenters. The maximum absolute atomic E-state index is 12.7. The van der Waals surface area contributed by atoms with Crippen LogP contribution >= 0.6 is 0 Å². The van der Waals surface area contributed by atoms with E-state index < -0.39 is 23.5 Å². The number of hydrogen-bond donors (Lipinski definition) is 0. The fourth-order valence-corrected chi connectivity index (χ4v) is 1.63. The molecule has 2 nitrogen and oxygen atoms in total. The monoisotopic (exact) mass is 486 g/mol. The number of alkyl halides is 6. The van der Waals surface area contributed by atoms with Gasteiger partial charge < -0.3 is 4.57 Å². The van der Waals surface area contributed by atoms with Crippen molar-refractivity contribution in [3.05, 3.63) is 41.7 Å². The van der Waals surface area contributed by atoms with Crippen LogP contribution in [0.1, 0.15) is 11.1 Å². The van der Waals surface area contributed by atoms with Crippen molar-refractivity contribution < 1.29 is 46.4 Å². The van der Waals surface area contributed by atoms with E-state index in [2.05, 4.69) is 4.98 Å². The summed E-state index contributed by atoms with van der Waals surface area (Å²) in [4.78, 5) is 3.73. The molecule has 0 spiro atoms. The van der Waals surface area contributed by atoms with E-state index >= 15 is 0 Å². The van der Waals surface area contributed by atoms with Gasteiger partial charge in [-0.25, -0.2) is 0 Å². The van der Waals surface area contributed by atoms with Crippen molar-refractivity contribution in [3.63, 3.8) is 0 Å². The Labute approximate surface area is 129 Å². The minimum absolute atomic E-state index is 0. The molecule has 0 fully saturated rings. The third-order valence-electron chi connectivity index (χ3n) is 2.56. The first-order valence-electron chi connectivity index (χ1n) is 5.28. The van der Waals surface area contributed by atoms with Gasteiger partial charge in [0.2, 0.25) is 0 Å². The number of rotatable bonds is 1. The fourth-order valence-electron chi connectivity index (χ4n) is 1.63. The molecule has 0 aliphatic carbocycles. The topological polar surface area (TPSA) is 17.8 Å². The fraction of sp³-hybridized carbons (Fsp3) is 0.250. The van der Waals surface area contributed by atoms with Crippen molar-refractivity contribution >= 4 is 0 Å². The maximum atomic E-state index is 12.7. The molecule has 1 aromatic carbocycles. The van der Waals surface area contributed by atoms with Gasteiger partial charge in [-0.15, -0.1) is 23.8 Å². The second-order valence-corrected chi connectivity index (χ2v) is 4.05. The number of imidazole rings is 1. The third kappa shape index (κ3) is 3.85. The van der Waals surface area contributed by atoms with Gasteiger partial charge in [-0.1, -0.05) is 0 Å². The number of aryl methyl sites for hydroxylation is 1. The zero-order valence-corrected chi connectivity index (χ0v) is 12.7. The van der Waals surface area contributed by atoms with Gasteiger partial charge in [0.1, 0.15) is 0 Å². The standard InChI is InChI=1S/C12H7F6N2.Ir/c1-20-3-2-19-10(20)7-4-8(11(13,14)15)6-9(5-7)12(16,17)18;/h2-4,6H,1H3;/q-1;. The summed E-state index contributed by atoms with van der Waals surface area (Å²) in [5, 5.41) is 0. The summed E-state index contributed by atoms with van der Waals surface area (Å²) in [6.07, 6.45) is -7.11. The van der Waals surface area contributed by atoms with E-state index in [4.69, 9.17) is 0 Å². The molecular formula is C12H7F6IrN2-. The number of nitrogens with zero attached hydrogens (tertiary/aromatic N) is 2. The molecule has 0 aliphatic heterocycles. The summed E-state index contributed by atoms with van der Waals surface area (Å²) >= 11 is 0. The Morgan fingerprint density at radius 1 is 1.05 bits per heavy atom. The Bertz CT molecular complexity index is 597.